The Balaban J connectivity index is 1.58. The van der Waals surface area contributed by atoms with Gasteiger partial charge in [-0.25, -0.2) is 0 Å². The quantitative estimate of drug-likeness (QED) is 0.312. The Morgan fingerprint density at radius 2 is 1.74 bits per heavy atom. The number of aliphatic hydroxyl groups excluding tert-OH is 2. The number of fused-ring (bicyclic) bond motifs is 8. The largest absolute Gasteiger partial charge is 0.507 e. The minimum Gasteiger partial charge on any atom is -0.507 e. The topological polar surface area (TPSA) is 166 Å². The van der Waals surface area contributed by atoms with Gasteiger partial charge in [0.05, 0.1) is 34.4 Å². The zero-order chi connectivity index (χ0) is 28.3. The molecule has 2 heterocycles. The number of ketones is 2. The molecule has 2 aliphatic carbocycles. The number of methoxy groups -OCH3 is 1. The van der Waals surface area contributed by atoms with E-state index in [-0.39, 0.29) is 46.4 Å². The van der Waals surface area contributed by atoms with Gasteiger partial charge in [0.25, 0.3) is 0 Å². The third kappa shape index (κ3) is 3.38. The van der Waals surface area contributed by atoms with Crippen molar-refractivity contribution in [3.63, 3.8) is 0 Å². The fraction of sp³-hybridized carbons (Fsp3) is 0.500. The van der Waals surface area contributed by atoms with Crippen LogP contribution in [0.1, 0.15) is 74.9 Å². The van der Waals surface area contributed by atoms with Gasteiger partial charge in [-0.3, -0.25) is 9.59 Å². The highest BCUT2D eigenvalue weighted by Gasteiger charge is 2.59. The number of carbonyl (C=O) groups is 2. The van der Waals surface area contributed by atoms with Crippen LogP contribution in [0.2, 0.25) is 0 Å². The summed E-state index contributed by atoms with van der Waals surface area (Å²) in [6.45, 7) is 3.19. The molecule has 0 radical (unpaired) electrons. The maximum Gasteiger partial charge on any atom is 0.228 e. The summed E-state index contributed by atoms with van der Waals surface area (Å²) in [5.74, 6) is -2.54. The molecule has 1 saturated heterocycles. The van der Waals surface area contributed by atoms with Crippen LogP contribution in [0.5, 0.6) is 17.2 Å². The van der Waals surface area contributed by atoms with E-state index in [1.165, 1.54) is 19.2 Å². The van der Waals surface area contributed by atoms with Crippen LogP contribution in [0.4, 0.5) is 0 Å². The van der Waals surface area contributed by atoms with Gasteiger partial charge >= 0.3 is 0 Å². The number of likely N-dealkylation sites (N-methyl/N-ethyl adjacent to an activating group) is 1. The lowest BCUT2D eigenvalue weighted by atomic mass is 9.72. The van der Waals surface area contributed by atoms with Gasteiger partial charge in [0.2, 0.25) is 12.1 Å². The maximum atomic E-state index is 14.1. The lowest BCUT2D eigenvalue weighted by Crippen LogP contribution is -2.68. The second-order valence-electron chi connectivity index (χ2n) is 11.6. The lowest BCUT2D eigenvalue weighted by Gasteiger charge is -2.53. The Labute approximate surface area is 224 Å². The standard InChI is InChI=1S/C28H31NO10/c1-27(36)8-10-6-11-16(21(32)15(10)14(9-27)37-5)22(33)17-13(30)7-12-24(18(17)20(11)31)38-26-23(34)19(29(3)4)25(35)28(12,2)39-26/h6-7,14,19,23,25-26,30,32,34-36H,8-9H2,1-5H3/t14-,19+,23?,25?,26+,27+,28+/m0/s1. The van der Waals surface area contributed by atoms with Crippen LogP contribution in [0, 0.1) is 0 Å². The summed E-state index contributed by atoms with van der Waals surface area (Å²) in [6, 6.07) is 1.90. The molecule has 208 valence electrons. The van der Waals surface area contributed by atoms with Crippen molar-refractivity contribution in [1.29, 1.82) is 0 Å². The van der Waals surface area contributed by atoms with Crippen LogP contribution >= 0.6 is 0 Å². The van der Waals surface area contributed by atoms with Crippen molar-refractivity contribution in [2.24, 2.45) is 0 Å². The third-order valence-corrected chi connectivity index (χ3v) is 8.66. The molecule has 2 bridgehead atoms. The van der Waals surface area contributed by atoms with E-state index in [1.54, 1.807) is 32.8 Å². The summed E-state index contributed by atoms with van der Waals surface area (Å²) in [4.78, 5) is 29.5. The molecule has 39 heavy (non-hydrogen) atoms. The molecular formula is C28H31NO10. The molecule has 2 aromatic carbocycles. The second kappa shape index (κ2) is 8.23. The predicted molar refractivity (Wildman–Crippen MR) is 134 cm³/mol. The molecule has 11 nitrogen and oxygen atoms in total. The number of aliphatic hydroxyl groups is 3. The van der Waals surface area contributed by atoms with Crippen LogP contribution < -0.4 is 4.74 Å². The van der Waals surface area contributed by atoms with Crippen LogP contribution in [0.3, 0.4) is 0 Å². The van der Waals surface area contributed by atoms with E-state index < -0.39 is 64.9 Å². The first-order valence-corrected chi connectivity index (χ1v) is 12.7. The number of benzene rings is 2. The van der Waals surface area contributed by atoms with Crippen molar-refractivity contribution in [1.82, 2.24) is 4.90 Å². The van der Waals surface area contributed by atoms with Crippen molar-refractivity contribution in [2.45, 2.75) is 68.5 Å². The highest BCUT2D eigenvalue weighted by Crippen LogP contribution is 2.54. The van der Waals surface area contributed by atoms with Crippen molar-refractivity contribution in [3.05, 3.63) is 51.1 Å². The fourth-order valence-electron chi connectivity index (χ4n) is 6.76. The Morgan fingerprint density at radius 3 is 2.38 bits per heavy atom. The number of phenols is 2. The molecule has 1 fully saturated rings. The third-order valence-electron chi connectivity index (χ3n) is 8.66. The van der Waals surface area contributed by atoms with Crippen molar-refractivity contribution in [2.75, 3.05) is 21.2 Å². The van der Waals surface area contributed by atoms with Crippen LogP contribution in [0.15, 0.2) is 12.1 Å². The van der Waals surface area contributed by atoms with E-state index in [9.17, 15) is 35.1 Å². The smallest absolute Gasteiger partial charge is 0.228 e. The molecule has 0 aromatic heterocycles. The molecule has 4 aliphatic rings. The normalized spacial score (nSPS) is 34.6. The monoisotopic (exact) mass is 541 g/mol. The summed E-state index contributed by atoms with van der Waals surface area (Å²) >= 11 is 0. The molecule has 11 heteroatoms. The first kappa shape index (κ1) is 26.2. The Hall–Kier alpha value is -3.06. The second-order valence-corrected chi connectivity index (χ2v) is 11.6. The van der Waals surface area contributed by atoms with Gasteiger partial charge in [-0.05, 0) is 45.6 Å². The molecule has 7 atom stereocenters. The van der Waals surface area contributed by atoms with Crippen LogP contribution in [-0.2, 0) is 21.5 Å². The van der Waals surface area contributed by atoms with Gasteiger partial charge in [-0.15, -0.1) is 0 Å². The fourth-order valence-corrected chi connectivity index (χ4v) is 6.76. The first-order valence-electron chi connectivity index (χ1n) is 12.7. The molecule has 2 aromatic rings. The highest BCUT2D eigenvalue weighted by atomic mass is 16.7. The van der Waals surface area contributed by atoms with Crippen molar-refractivity contribution in [3.8, 4) is 17.2 Å². The molecule has 6 rings (SSSR count). The predicted octanol–water partition coefficient (Wildman–Crippen LogP) is 0.874. The number of rotatable bonds is 2. The number of aromatic hydroxyl groups is 2. The molecule has 2 unspecified atom stereocenters. The molecule has 0 saturated carbocycles. The number of nitrogens with zero attached hydrogens (tertiary/aromatic N) is 1. The number of hydrogen-bond donors (Lipinski definition) is 5. The summed E-state index contributed by atoms with van der Waals surface area (Å²) in [7, 11) is 4.80. The van der Waals surface area contributed by atoms with Gasteiger partial charge in [0.1, 0.15) is 35.1 Å². The average Bonchev–Trinajstić information content (AvgIpc) is 2.84. The number of phenolic OH excluding ortho intramolecular Hbond substituents is 2. The van der Waals surface area contributed by atoms with E-state index in [2.05, 4.69) is 0 Å². The van der Waals surface area contributed by atoms with E-state index in [0.29, 0.717) is 11.1 Å². The summed E-state index contributed by atoms with van der Waals surface area (Å²) in [5, 5.41) is 55.4. The minimum absolute atomic E-state index is 0.0835. The molecular weight excluding hydrogens is 510 g/mol. The van der Waals surface area contributed by atoms with Crippen molar-refractivity contribution >= 4 is 11.6 Å². The molecule has 2 aliphatic heterocycles. The van der Waals surface area contributed by atoms with E-state index in [1.807, 2.05) is 0 Å². The van der Waals surface area contributed by atoms with Gasteiger partial charge in [0, 0.05) is 36.6 Å². The lowest BCUT2D eigenvalue weighted by molar-refractivity contribution is -0.311. The Kier molecular flexibility index (Phi) is 5.52. The molecule has 0 spiro atoms. The SMILES string of the molecule is CO[C@H]1C[C@](C)(O)Cc2cc3c(c(O)c21)C(=O)c1c(O)cc2c(c1C3=O)O[C@@H]1O[C@@]2(C)C(O)[C@H](N(C)C)C1O. The molecule has 5 N–H and O–H groups in total. The van der Waals surface area contributed by atoms with Crippen LogP contribution in [0.25, 0.3) is 0 Å². The van der Waals surface area contributed by atoms with E-state index in [0.717, 1.165) is 0 Å². The van der Waals surface area contributed by atoms with Gasteiger partial charge in [0.15, 0.2) is 5.78 Å². The number of ether oxygens (including phenoxy) is 3. The van der Waals surface area contributed by atoms with Gasteiger partial charge in [-0.1, -0.05) is 0 Å². The Morgan fingerprint density at radius 1 is 1.05 bits per heavy atom. The van der Waals surface area contributed by atoms with Crippen molar-refractivity contribution < 1.29 is 49.3 Å². The molecule has 0 amide bonds. The van der Waals surface area contributed by atoms with Crippen LogP contribution in [-0.4, -0.2) is 93.3 Å². The summed E-state index contributed by atoms with van der Waals surface area (Å²) < 4.78 is 17.4. The first-order chi connectivity index (χ1) is 18.2. The zero-order valence-corrected chi connectivity index (χ0v) is 22.2. The van der Waals surface area contributed by atoms with E-state index >= 15 is 0 Å². The average molecular weight is 542 g/mol. The zero-order valence-electron chi connectivity index (χ0n) is 22.2. The number of hydrogen-bond acceptors (Lipinski definition) is 11. The van der Waals surface area contributed by atoms with Gasteiger partial charge < -0.3 is 44.6 Å². The maximum absolute atomic E-state index is 14.1. The number of carbonyl (C=O) groups excluding carboxylic acids is 2. The summed E-state index contributed by atoms with van der Waals surface area (Å²) in [5.41, 5.74) is -2.71. The van der Waals surface area contributed by atoms with Gasteiger partial charge in [-0.2, -0.15) is 0 Å². The van der Waals surface area contributed by atoms with E-state index in [4.69, 9.17) is 14.2 Å². The Bertz CT molecular complexity index is 1450. The minimum atomic E-state index is -1.50. The summed E-state index contributed by atoms with van der Waals surface area (Å²) in [6.07, 6.45) is -4.29. The highest BCUT2D eigenvalue weighted by molar-refractivity contribution is 6.31.